The van der Waals surface area contributed by atoms with Crippen LogP contribution in [0.3, 0.4) is 0 Å². The standard InChI is InChI=1S/C9H17BrO/c1-3-9(8(2)11)6-4-5-7-10/h9H,3-7H2,1-2H3. The summed E-state index contributed by atoms with van der Waals surface area (Å²) < 4.78 is 0. The van der Waals surface area contributed by atoms with Crippen molar-refractivity contribution in [3.8, 4) is 0 Å². The van der Waals surface area contributed by atoms with E-state index in [1.54, 1.807) is 6.92 Å². The van der Waals surface area contributed by atoms with E-state index in [0.717, 1.165) is 18.2 Å². The number of unbranched alkanes of at least 4 members (excludes halogenated alkanes) is 1. The third-order valence-corrected chi connectivity index (χ3v) is 2.56. The van der Waals surface area contributed by atoms with E-state index in [4.69, 9.17) is 0 Å². The molecule has 0 aromatic heterocycles. The molecule has 1 unspecified atom stereocenters. The van der Waals surface area contributed by atoms with E-state index < -0.39 is 0 Å². The lowest BCUT2D eigenvalue weighted by Crippen LogP contribution is -2.09. The predicted octanol–water partition coefficient (Wildman–Crippen LogP) is 3.17. The van der Waals surface area contributed by atoms with Crippen molar-refractivity contribution in [2.45, 2.75) is 39.5 Å². The molecule has 0 fully saturated rings. The van der Waals surface area contributed by atoms with Gasteiger partial charge in [0.1, 0.15) is 5.78 Å². The van der Waals surface area contributed by atoms with Crippen LogP contribution in [0.2, 0.25) is 0 Å². The molecule has 0 rings (SSSR count). The number of ketones is 1. The maximum Gasteiger partial charge on any atom is 0.132 e. The molecule has 11 heavy (non-hydrogen) atoms. The van der Waals surface area contributed by atoms with Crippen LogP contribution in [0.15, 0.2) is 0 Å². The van der Waals surface area contributed by atoms with Gasteiger partial charge in [0.15, 0.2) is 0 Å². The second-order valence-electron chi connectivity index (χ2n) is 2.90. The average molecular weight is 221 g/mol. The number of hydrogen-bond donors (Lipinski definition) is 0. The van der Waals surface area contributed by atoms with Crippen LogP contribution in [0.4, 0.5) is 0 Å². The summed E-state index contributed by atoms with van der Waals surface area (Å²) in [6.07, 6.45) is 4.42. The van der Waals surface area contributed by atoms with Gasteiger partial charge in [0.2, 0.25) is 0 Å². The summed E-state index contributed by atoms with van der Waals surface area (Å²) in [5.41, 5.74) is 0. The molecule has 2 heteroatoms. The van der Waals surface area contributed by atoms with Gasteiger partial charge >= 0.3 is 0 Å². The number of Topliss-reactive ketones (excluding diaryl/α,β-unsaturated/α-hetero) is 1. The molecule has 0 spiro atoms. The van der Waals surface area contributed by atoms with Crippen molar-refractivity contribution in [1.82, 2.24) is 0 Å². The van der Waals surface area contributed by atoms with Crippen LogP contribution in [0, 0.1) is 5.92 Å². The number of carbonyl (C=O) groups excluding carboxylic acids is 1. The second-order valence-corrected chi connectivity index (χ2v) is 3.69. The van der Waals surface area contributed by atoms with Gasteiger partial charge < -0.3 is 0 Å². The molecule has 1 atom stereocenters. The van der Waals surface area contributed by atoms with Gasteiger partial charge in [-0.3, -0.25) is 4.79 Å². The molecule has 0 aromatic rings. The van der Waals surface area contributed by atoms with Crippen molar-refractivity contribution in [1.29, 1.82) is 0 Å². The highest BCUT2D eigenvalue weighted by molar-refractivity contribution is 9.09. The summed E-state index contributed by atoms with van der Waals surface area (Å²) in [6.45, 7) is 3.78. The third-order valence-electron chi connectivity index (χ3n) is 2.00. The van der Waals surface area contributed by atoms with Gasteiger partial charge in [0, 0.05) is 11.2 Å². The third kappa shape index (κ3) is 5.42. The fourth-order valence-corrected chi connectivity index (χ4v) is 1.58. The Bertz CT molecular complexity index is 112. The topological polar surface area (TPSA) is 17.1 Å². The Balaban J connectivity index is 3.44. The van der Waals surface area contributed by atoms with Crippen molar-refractivity contribution in [3.63, 3.8) is 0 Å². The molecule has 0 amide bonds. The maximum absolute atomic E-state index is 11.0. The second kappa shape index (κ2) is 6.84. The predicted molar refractivity (Wildman–Crippen MR) is 52.1 cm³/mol. The van der Waals surface area contributed by atoms with Crippen LogP contribution in [-0.2, 0) is 4.79 Å². The van der Waals surface area contributed by atoms with Gasteiger partial charge in [0.25, 0.3) is 0 Å². The van der Waals surface area contributed by atoms with Gasteiger partial charge in [-0.05, 0) is 26.2 Å². The lowest BCUT2D eigenvalue weighted by molar-refractivity contribution is -0.121. The first-order valence-corrected chi connectivity index (χ1v) is 5.41. The molecule has 0 bridgehead atoms. The van der Waals surface area contributed by atoms with Crippen LogP contribution in [0.1, 0.15) is 39.5 Å². The normalized spacial score (nSPS) is 13.0. The van der Waals surface area contributed by atoms with Crippen molar-refractivity contribution < 1.29 is 4.79 Å². The van der Waals surface area contributed by atoms with E-state index in [1.807, 2.05) is 0 Å². The highest BCUT2D eigenvalue weighted by Crippen LogP contribution is 2.13. The van der Waals surface area contributed by atoms with E-state index in [2.05, 4.69) is 22.9 Å². The summed E-state index contributed by atoms with van der Waals surface area (Å²) in [6, 6.07) is 0. The Hall–Kier alpha value is 0.150. The summed E-state index contributed by atoms with van der Waals surface area (Å²) in [7, 11) is 0. The molecule has 0 heterocycles. The van der Waals surface area contributed by atoms with E-state index in [-0.39, 0.29) is 0 Å². The zero-order chi connectivity index (χ0) is 8.69. The molecular weight excluding hydrogens is 204 g/mol. The Morgan fingerprint density at radius 2 is 2.09 bits per heavy atom. The minimum absolute atomic E-state index is 0.314. The average Bonchev–Trinajstić information content (AvgIpc) is 1.97. The Morgan fingerprint density at radius 1 is 1.45 bits per heavy atom. The summed E-state index contributed by atoms with van der Waals surface area (Å²) in [4.78, 5) is 11.0. The number of carbonyl (C=O) groups is 1. The molecule has 0 radical (unpaired) electrons. The van der Waals surface area contributed by atoms with Gasteiger partial charge in [-0.1, -0.05) is 29.3 Å². The SMILES string of the molecule is CCC(CCCCBr)C(C)=O. The van der Waals surface area contributed by atoms with Crippen LogP contribution in [0.5, 0.6) is 0 Å². The number of alkyl halides is 1. The van der Waals surface area contributed by atoms with Crippen LogP contribution in [0.25, 0.3) is 0 Å². The number of halogens is 1. The van der Waals surface area contributed by atoms with Crippen LogP contribution in [-0.4, -0.2) is 11.1 Å². The Morgan fingerprint density at radius 3 is 2.45 bits per heavy atom. The van der Waals surface area contributed by atoms with Gasteiger partial charge in [-0.25, -0.2) is 0 Å². The zero-order valence-corrected chi connectivity index (χ0v) is 8.99. The molecule has 0 saturated heterocycles. The van der Waals surface area contributed by atoms with Crippen molar-refractivity contribution in [2.75, 3.05) is 5.33 Å². The molecule has 0 aliphatic carbocycles. The molecule has 0 N–H and O–H groups in total. The van der Waals surface area contributed by atoms with Crippen molar-refractivity contribution in [2.24, 2.45) is 5.92 Å². The fraction of sp³-hybridized carbons (Fsp3) is 0.889. The van der Waals surface area contributed by atoms with E-state index >= 15 is 0 Å². The van der Waals surface area contributed by atoms with E-state index in [0.29, 0.717) is 11.7 Å². The van der Waals surface area contributed by atoms with Crippen molar-refractivity contribution in [3.05, 3.63) is 0 Å². The molecule has 0 aliphatic heterocycles. The molecule has 0 saturated carbocycles. The lowest BCUT2D eigenvalue weighted by atomic mass is 9.96. The first kappa shape index (κ1) is 11.2. The lowest BCUT2D eigenvalue weighted by Gasteiger charge is -2.09. The Labute approximate surface area is 77.7 Å². The van der Waals surface area contributed by atoms with E-state index in [9.17, 15) is 4.79 Å². The number of rotatable bonds is 6. The molecule has 0 aromatic carbocycles. The van der Waals surface area contributed by atoms with Crippen molar-refractivity contribution >= 4 is 21.7 Å². The van der Waals surface area contributed by atoms with Gasteiger partial charge in [-0.2, -0.15) is 0 Å². The highest BCUT2D eigenvalue weighted by atomic mass is 79.9. The summed E-state index contributed by atoms with van der Waals surface area (Å²) in [5.74, 6) is 0.663. The first-order chi connectivity index (χ1) is 5.22. The largest absolute Gasteiger partial charge is 0.300 e. The molecular formula is C9H17BrO. The monoisotopic (exact) mass is 220 g/mol. The van der Waals surface area contributed by atoms with Gasteiger partial charge in [-0.15, -0.1) is 0 Å². The van der Waals surface area contributed by atoms with Crippen LogP contribution >= 0.6 is 15.9 Å². The Kier molecular flexibility index (Phi) is 6.93. The zero-order valence-electron chi connectivity index (χ0n) is 7.40. The number of hydrogen-bond acceptors (Lipinski definition) is 1. The van der Waals surface area contributed by atoms with Gasteiger partial charge in [0.05, 0.1) is 0 Å². The minimum atomic E-state index is 0.314. The maximum atomic E-state index is 11.0. The smallest absolute Gasteiger partial charge is 0.132 e. The van der Waals surface area contributed by atoms with Crippen LogP contribution < -0.4 is 0 Å². The quantitative estimate of drug-likeness (QED) is 0.497. The summed E-state index contributed by atoms with van der Waals surface area (Å²) in [5, 5.41) is 1.06. The van der Waals surface area contributed by atoms with E-state index in [1.165, 1.54) is 12.8 Å². The summed E-state index contributed by atoms with van der Waals surface area (Å²) >= 11 is 3.37. The highest BCUT2D eigenvalue weighted by Gasteiger charge is 2.09. The molecule has 0 aliphatic rings. The molecule has 66 valence electrons. The first-order valence-electron chi connectivity index (χ1n) is 4.28. The fourth-order valence-electron chi connectivity index (χ4n) is 1.18. The minimum Gasteiger partial charge on any atom is -0.300 e. The molecule has 1 nitrogen and oxygen atoms in total.